The molecule has 47 heavy (non-hydrogen) atoms. The van der Waals surface area contributed by atoms with Crippen molar-refractivity contribution in [2.45, 2.75) is 104 Å². The summed E-state index contributed by atoms with van der Waals surface area (Å²) < 4.78 is 49.9. The highest BCUT2D eigenvalue weighted by Crippen LogP contribution is 2.58. The number of carboxylic acids is 1. The lowest BCUT2D eigenvalue weighted by molar-refractivity contribution is -0.157. The van der Waals surface area contributed by atoms with Crippen LogP contribution in [0.1, 0.15) is 91.2 Å². The van der Waals surface area contributed by atoms with Gasteiger partial charge in [0.05, 0.1) is 30.5 Å². The second-order valence-corrected chi connectivity index (χ2v) is 15.2. The molecular formula is C36H46F2N2O7. The SMILES string of the molecule is CC[C@@H]1[C@@H]2CC(C(=O)[C@H](C(C)(C)C)CC(=O)O[C@@H]3C[C@@H]4C[C@@H]4[C@H]3CCCCC(F)(F)c3nc4ccc(OC)cc4nc3O2)[C@@H]1C(=O)O. The average Bonchev–Trinajstić information content (AvgIpc) is 3.54. The molecule has 2 bridgehead atoms. The number of Topliss-reactive ketones (excluding diaryl/α,β-unsaturated/α-hetero) is 1. The van der Waals surface area contributed by atoms with Gasteiger partial charge in [0.15, 0.2) is 5.69 Å². The van der Waals surface area contributed by atoms with Gasteiger partial charge in [-0.15, -0.1) is 0 Å². The minimum absolute atomic E-state index is 0.00711. The number of carbonyl (C=O) groups excluding carboxylic acids is 2. The molecule has 0 radical (unpaired) electrons. The molecule has 0 amide bonds. The number of aliphatic carboxylic acids is 1. The van der Waals surface area contributed by atoms with Crippen molar-refractivity contribution in [3.8, 4) is 11.6 Å². The number of carboxylic acid groups (broad SMARTS) is 1. The molecule has 1 aromatic carbocycles. The first-order valence-electron chi connectivity index (χ1n) is 17.1. The van der Waals surface area contributed by atoms with E-state index < -0.39 is 65.2 Å². The Morgan fingerprint density at radius 1 is 1.04 bits per heavy atom. The minimum Gasteiger partial charge on any atom is -0.497 e. The molecular weight excluding hydrogens is 610 g/mol. The van der Waals surface area contributed by atoms with Gasteiger partial charge in [0.2, 0.25) is 5.88 Å². The summed E-state index contributed by atoms with van der Waals surface area (Å²) in [5.41, 5.74) is -0.689. The van der Waals surface area contributed by atoms with Crippen LogP contribution in [0.3, 0.4) is 0 Å². The Kier molecular flexibility index (Phi) is 8.98. The zero-order valence-electron chi connectivity index (χ0n) is 27.8. The van der Waals surface area contributed by atoms with Crippen LogP contribution in [0.2, 0.25) is 0 Å². The van der Waals surface area contributed by atoms with Crippen molar-refractivity contribution >= 4 is 28.8 Å². The zero-order valence-corrected chi connectivity index (χ0v) is 27.8. The van der Waals surface area contributed by atoms with Crippen LogP contribution >= 0.6 is 0 Å². The topological polar surface area (TPSA) is 125 Å². The van der Waals surface area contributed by atoms with Gasteiger partial charge in [0.25, 0.3) is 5.92 Å². The lowest BCUT2D eigenvalue weighted by atomic mass is 9.70. The molecule has 3 aliphatic carbocycles. The van der Waals surface area contributed by atoms with E-state index in [1.165, 1.54) is 7.11 Å². The fourth-order valence-electron chi connectivity index (χ4n) is 8.68. The third kappa shape index (κ3) is 6.55. The standard InChI is InChI=1S/C36H46F2N2O7/c1-6-20-28-16-23(30(20)34(43)44)31(42)24(35(2,3)4)17-29(41)46-27-14-18-13-22(18)21(27)9-7-8-12-36(37,38)32-33(47-28)40-26-15-19(45-5)10-11-25(26)39-32/h10-11,15,18,20-24,27-28,30H,6-9,12-14,16-17H2,1-5H3,(H,43,44)/t18-,20+,21+,22-,23?,24+,27+,28-,30+/m0/s1. The summed E-state index contributed by atoms with van der Waals surface area (Å²) in [6, 6.07) is 4.79. The fourth-order valence-corrected chi connectivity index (χ4v) is 8.68. The second-order valence-electron chi connectivity index (χ2n) is 15.2. The number of fused-ring (bicyclic) bond motifs is 7. The summed E-state index contributed by atoms with van der Waals surface area (Å²) in [5.74, 6) is -7.76. The molecule has 0 saturated heterocycles. The number of halogens is 2. The Hall–Kier alpha value is -3.37. The third-order valence-corrected chi connectivity index (χ3v) is 11.3. The fraction of sp³-hybridized carbons (Fsp3) is 0.694. The van der Waals surface area contributed by atoms with E-state index in [-0.39, 0.29) is 48.5 Å². The molecule has 1 unspecified atom stereocenters. The number of carbonyl (C=O) groups is 3. The smallest absolute Gasteiger partial charge is 0.307 e. The molecule has 1 N–H and O–H groups in total. The molecule has 1 aliphatic heterocycles. The van der Waals surface area contributed by atoms with Gasteiger partial charge in [0, 0.05) is 30.2 Å². The number of ketones is 1. The van der Waals surface area contributed by atoms with Gasteiger partial charge in [-0.3, -0.25) is 14.4 Å². The second kappa shape index (κ2) is 12.6. The monoisotopic (exact) mass is 656 g/mol. The summed E-state index contributed by atoms with van der Waals surface area (Å²) >= 11 is 0. The van der Waals surface area contributed by atoms with Crippen molar-refractivity contribution in [2.75, 3.05) is 7.11 Å². The van der Waals surface area contributed by atoms with Crippen molar-refractivity contribution in [1.29, 1.82) is 0 Å². The third-order valence-electron chi connectivity index (χ3n) is 11.3. The molecule has 4 aliphatic rings. The van der Waals surface area contributed by atoms with Gasteiger partial charge in [0.1, 0.15) is 23.7 Å². The number of esters is 1. The van der Waals surface area contributed by atoms with Crippen molar-refractivity contribution < 1.29 is 42.5 Å². The molecule has 3 saturated carbocycles. The number of hydrogen-bond donors (Lipinski definition) is 1. The van der Waals surface area contributed by atoms with Crippen LogP contribution < -0.4 is 9.47 Å². The van der Waals surface area contributed by atoms with Crippen LogP contribution in [-0.2, 0) is 25.0 Å². The number of methoxy groups -OCH3 is 1. The summed E-state index contributed by atoms with van der Waals surface area (Å²) in [4.78, 5) is 49.4. The van der Waals surface area contributed by atoms with E-state index in [0.717, 1.165) is 12.8 Å². The summed E-state index contributed by atoms with van der Waals surface area (Å²) in [6.45, 7) is 7.40. The van der Waals surface area contributed by atoms with E-state index >= 15 is 8.78 Å². The first-order chi connectivity index (χ1) is 22.2. The molecule has 6 rings (SSSR count). The van der Waals surface area contributed by atoms with Gasteiger partial charge >= 0.3 is 11.9 Å². The van der Waals surface area contributed by atoms with Crippen LogP contribution in [0.15, 0.2) is 18.2 Å². The Morgan fingerprint density at radius 2 is 1.81 bits per heavy atom. The van der Waals surface area contributed by atoms with Crippen molar-refractivity contribution in [1.82, 2.24) is 9.97 Å². The van der Waals surface area contributed by atoms with Crippen molar-refractivity contribution in [2.24, 2.45) is 46.8 Å². The Bertz CT molecular complexity index is 1540. The number of nitrogens with zero attached hydrogens (tertiary/aromatic N) is 2. The first-order valence-corrected chi connectivity index (χ1v) is 17.1. The largest absolute Gasteiger partial charge is 0.497 e. The number of benzene rings is 1. The van der Waals surface area contributed by atoms with Crippen LogP contribution in [-0.4, -0.2) is 52.1 Å². The Morgan fingerprint density at radius 3 is 2.49 bits per heavy atom. The molecule has 2 heterocycles. The quantitative estimate of drug-likeness (QED) is 0.348. The van der Waals surface area contributed by atoms with Crippen molar-refractivity contribution in [3.63, 3.8) is 0 Å². The van der Waals surface area contributed by atoms with Crippen molar-refractivity contribution in [3.05, 3.63) is 23.9 Å². The molecule has 256 valence electrons. The zero-order chi connectivity index (χ0) is 33.8. The summed E-state index contributed by atoms with van der Waals surface area (Å²) in [6.07, 6.45) is 1.79. The number of alkyl halides is 2. The lowest BCUT2D eigenvalue weighted by Gasteiger charge is -2.33. The Labute approximate surface area is 274 Å². The van der Waals surface area contributed by atoms with Crippen LogP contribution in [0.5, 0.6) is 11.6 Å². The summed E-state index contributed by atoms with van der Waals surface area (Å²) in [7, 11) is 1.49. The highest BCUT2D eigenvalue weighted by atomic mass is 19.3. The molecule has 3 fully saturated rings. The van der Waals surface area contributed by atoms with Crippen LogP contribution in [0.4, 0.5) is 8.78 Å². The lowest BCUT2D eigenvalue weighted by Crippen LogP contribution is -2.39. The number of hydrogen-bond acceptors (Lipinski definition) is 8. The van der Waals surface area contributed by atoms with E-state index in [1.807, 2.05) is 20.8 Å². The molecule has 9 nitrogen and oxygen atoms in total. The molecule has 11 heteroatoms. The van der Waals surface area contributed by atoms with Gasteiger partial charge in [-0.2, -0.15) is 8.78 Å². The minimum atomic E-state index is -3.38. The number of aromatic nitrogens is 2. The van der Waals surface area contributed by atoms with Crippen LogP contribution in [0, 0.1) is 46.8 Å². The predicted octanol–water partition coefficient (Wildman–Crippen LogP) is 6.99. The van der Waals surface area contributed by atoms with Gasteiger partial charge < -0.3 is 19.3 Å². The van der Waals surface area contributed by atoms with Gasteiger partial charge in [-0.05, 0) is 73.8 Å². The normalized spacial score (nSPS) is 34.2. The first kappa shape index (κ1) is 33.5. The van der Waals surface area contributed by atoms with Gasteiger partial charge in [-0.1, -0.05) is 34.1 Å². The van der Waals surface area contributed by atoms with E-state index in [0.29, 0.717) is 42.4 Å². The molecule has 1 aromatic heterocycles. The van der Waals surface area contributed by atoms with E-state index in [9.17, 15) is 19.5 Å². The maximum Gasteiger partial charge on any atom is 0.307 e. The van der Waals surface area contributed by atoms with Gasteiger partial charge in [-0.25, -0.2) is 9.97 Å². The summed E-state index contributed by atoms with van der Waals surface area (Å²) in [5, 5.41) is 10.4. The maximum atomic E-state index is 16.2. The maximum absolute atomic E-state index is 16.2. The highest BCUT2D eigenvalue weighted by Gasteiger charge is 2.56. The average molecular weight is 657 g/mol. The van der Waals surface area contributed by atoms with E-state index in [2.05, 4.69) is 9.97 Å². The van der Waals surface area contributed by atoms with E-state index in [1.54, 1.807) is 25.1 Å². The molecule has 2 aromatic rings. The van der Waals surface area contributed by atoms with E-state index in [4.69, 9.17) is 14.2 Å². The molecule has 0 spiro atoms. The molecule has 9 atom stereocenters. The number of ether oxygens (including phenoxy) is 3. The van der Waals surface area contributed by atoms with Crippen LogP contribution in [0.25, 0.3) is 11.0 Å². The predicted molar refractivity (Wildman–Crippen MR) is 168 cm³/mol. The Balaban J connectivity index is 1.43. The highest BCUT2D eigenvalue weighted by molar-refractivity contribution is 5.91. The number of rotatable bonds is 3.